The van der Waals surface area contributed by atoms with Crippen LogP contribution >= 0.6 is 0 Å². The standard InChI is InChI=1S/C12H23NO3S/c1-11(2,3)10(13)12(14)6-8-4-5-9(7-12)17(8,15)16/h8-10,14H,4-7,13H2,1-3H3. The van der Waals surface area contributed by atoms with Crippen molar-refractivity contribution in [2.45, 2.75) is 68.6 Å². The molecular formula is C12H23NO3S. The Kier molecular flexibility index (Phi) is 2.88. The van der Waals surface area contributed by atoms with Gasteiger partial charge in [-0.2, -0.15) is 0 Å². The lowest BCUT2D eigenvalue weighted by molar-refractivity contribution is -0.0352. The van der Waals surface area contributed by atoms with Crippen LogP contribution in [0.4, 0.5) is 0 Å². The van der Waals surface area contributed by atoms with Gasteiger partial charge in [-0.3, -0.25) is 0 Å². The molecule has 0 spiro atoms. The molecule has 0 aliphatic carbocycles. The average molecular weight is 261 g/mol. The minimum absolute atomic E-state index is 0.213. The minimum Gasteiger partial charge on any atom is -0.388 e. The van der Waals surface area contributed by atoms with Gasteiger partial charge in [-0.05, 0) is 31.1 Å². The van der Waals surface area contributed by atoms with Crippen molar-refractivity contribution in [3.05, 3.63) is 0 Å². The molecule has 17 heavy (non-hydrogen) atoms. The second kappa shape index (κ2) is 3.68. The van der Waals surface area contributed by atoms with E-state index >= 15 is 0 Å². The largest absolute Gasteiger partial charge is 0.388 e. The Balaban J connectivity index is 2.27. The molecule has 3 atom stereocenters. The molecule has 4 nitrogen and oxygen atoms in total. The number of hydrogen-bond donors (Lipinski definition) is 2. The maximum absolute atomic E-state index is 12.0. The monoisotopic (exact) mass is 261 g/mol. The predicted octanol–water partition coefficient (Wildman–Crippen LogP) is 0.831. The number of hydrogen-bond acceptors (Lipinski definition) is 4. The molecule has 2 fully saturated rings. The molecule has 0 radical (unpaired) electrons. The van der Waals surface area contributed by atoms with Crippen molar-refractivity contribution >= 4 is 9.84 Å². The first-order valence-electron chi connectivity index (χ1n) is 6.28. The molecule has 5 heteroatoms. The van der Waals surface area contributed by atoms with Gasteiger partial charge < -0.3 is 10.8 Å². The first kappa shape index (κ1) is 13.3. The number of sulfone groups is 1. The quantitative estimate of drug-likeness (QED) is 0.732. The molecule has 3 N–H and O–H groups in total. The first-order chi connectivity index (χ1) is 7.57. The van der Waals surface area contributed by atoms with Crippen LogP contribution in [0.5, 0.6) is 0 Å². The van der Waals surface area contributed by atoms with Crippen LogP contribution in [0.3, 0.4) is 0 Å². The normalized spacial score (nSPS) is 42.4. The maximum atomic E-state index is 12.0. The van der Waals surface area contributed by atoms with Gasteiger partial charge in [0.05, 0.1) is 16.1 Å². The minimum atomic E-state index is -2.99. The Bertz CT molecular complexity index is 390. The highest BCUT2D eigenvalue weighted by atomic mass is 32.2. The van der Waals surface area contributed by atoms with E-state index < -0.39 is 15.4 Å². The van der Waals surface area contributed by atoms with Gasteiger partial charge in [0.25, 0.3) is 0 Å². The van der Waals surface area contributed by atoms with Crippen LogP contribution in [0.1, 0.15) is 46.5 Å². The smallest absolute Gasteiger partial charge is 0.156 e. The van der Waals surface area contributed by atoms with Crippen molar-refractivity contribution in [3.8, 4) is 0 Å². The first-order valence-corrected chi connectivity index (χ1v) is 7.89. The van der Waals surface area contributed by atoms with Crippen molar-refractivity contribution < 1.29 is 13.5 Å². The van der Waals surface area contributed by atoms with E-state index in [1.165, 1.54) is 0 Å². The zero-order valence-electron chi connectivity index (χ0n) is 10.8. The molecule has 2 bridgehead atoms. The van der Waals surface area contributed by atoms with Crippen molar-refractivity contribution in [1.29, 1.82) is 0 Å². The van der Waals surface area contributed by atoms with Crippen LogP contribution in [0.15, 0.2) is 0 Å². The summed E-state index contributed by atoms with van der Waals surface area (Å²) < 4.78 is 24.0. The summed E-state index contributed by atoms with van der Waals surface area (Å²) in [7, 11) is -2.99. The summed E-state index contributed by atoms with van der Waals surface area (Å²) in [5, 5.41) is 9.95. The number of fused-ring (bicyclic) bond motifs is 2. The SMILES string of the molecule is CC(C)(C)C(N)C1(O)CC2CCC(C1)S2(=O)=O. The Morgan fingerprint density at radius 1 is 1.24 bits per heavy atom. The van der Waals surface area contributed by atoms with Crippen LogP contribution < -0.4 is 5.73 Å². The topological polar surface area (TPSA) is 80.4 Å². The molecule has 3 unspecified atom stereocenters. The van der Waals surface area contributed by atoms with Crippen LogP contribution in [0.2, 0.25) is 0 Å². The van der Waals surface area contributed by atoms with Gasteiger partial charge in [0, 0.05) is 6.04 Å². The Morgan fingerprint density at radius 2 is 1.65 bits per heavy atom. The van der Waals surface area contributed by atoms with Gasteiger partial charge in [-0.15, -0.1) is 0 Å². The molecule has 2 aliphatic heterocycles. The van der Waals surface area contributed by atoms with E-state index in [0.717, 1.165) is 0 Å². The van der Waals surface area contributed by atoms with Gasteiger partial charge in [-0.25, -0.2) is 8.42 Å². The third kappa shape index (κ3) is 2.02. The molecule has 0 aromatic rings. The lowest BCUT2D eigenvalue weighted by Gasteiger charge is -2.45. The van der Waals surface area contributed by atoms with Gasteiger partial charge in [0.15, 0.2) is 9.84 Å². The second-order valence-corrected chi connectivity index (χ2v) is 9.28. The summed E-state index contributed by atoms with van der Waals surface area (Å²) in [5.41, 5.74) is 4.92. The summed E-state index contributed by atoms with van der Waals surface area (Å²) in [6.07, 6.45) is 1.99. The maximum Gasteiger partial charge on any atom is 0.156 e. The summed E-state index contributed by atoms with van der Waals surface area (Å²) >= 11 is 0. The molecular weight excluding hydrogens is 238 g/mol. The summed E-state index contributed by atoms with van der Waals surface area (Å²) in [5.74, 6) is 0. The Labute approximate surface area is 104 Å². The Hall–Kier alpha value is -0.130. The van der Waals surface area contributed by atoms with E-state index in [2.05, 4.69) is 0 Å². The molecule has 0 amide bonds. The highest BCUT2D eigenvalue weighted by molar-refractivity contribution is 7.93. The van der Waals surface area contributed by atoms with E-state index in [0.29, 0.717) is 25.7 Å². The third-order valence-corrected chi connectivity index (χ3v) is 7.08. The number of nitrogens with two attached hydrogens (primary N) is 1. The van der Waals surface area contributed by atoms with Gasteiger partial charge in [-0.1, -0.05) is 20.8 Å². The van der Waals surface area contributed by atoms with Crippen molar-refractivity contribution in [1.82, 2.24) is 0 Å². The van der Waals surface area contributed by atoms with E-state index in [1.807, 2.05) is 20.8 Å². The van der Waals surface area contributed by atoms with Gasteiger partial charge >= 0.3 is 0 Å². The Morgan fingerprint density at radius 3 is 2.00 bits per heavy atom. The molecule has 2 aliphatic rings. The molecule has 0 saturated carbocycles. The van der Waals surface area contributed by atoms with E-state index in [4.69, 9.17) is 5.73 Å². The highest BCUT2D eigenvalue weighted by Crippen LogP contribution is 2.46. The van der Waals surface area contributed by atoms with Crippen molar-refractivity contribution in [3.63, 3.8) is 0 Å². The molecule has 2 heterocycles. The van der Waals surface area contributed by atoms with E-state index in [-0.39, 0.29) is 22.0 Å². The average Bonchev–Trinajstić information content (AvgIpc) is 2.39. The predicted molar refractivity (Wildman–Crippen MR) is 67.3 cm³/mol. The number of rotatable bonds is 1. The summed E-state index contributed by atoms with van der Waals surface area (Å²) in [6, 6.07) is -0.381. The third-order valence-electron chi connectivity index (χ3n) is 4.41. The number of aliphatic hydroxyl groups is 1. The molecule has 100 valence electrons. The van der Waals surface area contributed by atoms with Crippen LogP contribution in [-0.2, 0) is 9.84 Å². The fourth-order valence-electron chi connectivity index (χ4n) is 3.34. The fourth-order valence-corrected chi connectivity index (χ4v) is 5.86. The molecule has 0 aromatic heterocycles. The molecule has 2 rings (SSSR count). The highest BCUT2D eigenvalue weighted by Gasteiger charge is 2.56. The molecule has 0 aromatic carbocycles. The second-order valence-electron chi connectivity index (χ2n) is 6.77. The van der Waals surface area contributed by atoms with Gasteiger partial charge in [0.2, 0.25) is 0 Å². The van der Waals surface area contributed by atoms with Gasteiger partial charge in [0.1, 0.15) is 0 Å². The summed E-state index contributed by atoms with van der Waals surface area (Å²) in [4.78, 5) is 0. The van der Waals surface area contributed by atoms with E-state index in [1.54, 1.807) is 0 Å². The van der Waals surface area contributed by atoms with Crippen molar-refractivity contribution in [2.75, 3.05) is 0 Å². The zero-order chi connectivity index (χ0) is 13.1. The molecule has 2 saturated heterocycles. The van der Waals surface area contributed by atoms with Crippen molar-refractivity contribution in [2.24, 2.45) is 11.1 Å². The van der Waals surface area contributed by atoms with Crippen LogP contribution in [0.25, 0.3) is 0 Å². The summed E-state index contributed by atoms with van der Waals surface area (Å²) in [6.45, 7) is 5.96. The lowest BCUT2D eigenvalue weighted by atomic mass is 9.73. The van der Waals surface area contributed by atoms with Crippen LogP contribution in [0, 0.1) is 5.41 Å². The fraction of sp³-hybridized carbons (Fsp3) is 1.00. The zero-order valence-corrected chi connectivity index (χ0v) is 11.6. The lowest BCUT2D eigenvalue weighted by Crippen LogP contribution is -2.60. The van der Waals surface area contributed by atoms with E-state index in [9.17, 15) is 13.5 Å². The van der Waals surface area contributed by atoms with Crippen LogP contribution in [-0.4, -0.2) is 35.7 Å².